The molecule has 1 aromatic heterocycles. The molecule has 0 spiro atoms. The SMILES string of the molecule is CNc1ccc(C(=O)NC(C)c2ncc[nH]2)c(C)c1. The molecule has 1 atom stereocenters. The van der Waals surface area contributed by atoms with Crippen LogP contribution in [0, 0.1) is 6.92 Å². The molecular formula is C14H18N4O. The maximum atomic E-state index is 12.2. The van der Waals surface area contributed by atoms with E-state index in [1.165, 1.54) is 0 Å². The standard InChI is InChI=1S/C14H18N4O/c1-9-8-11(15-3)4-5-12(9)14(19)18-10(2)13-16-6-7-17-13/h4-8,10,15H,1-3H3,(H,16,17)(H,18,19). The third-order valence-corrected chi connectivity index (χ3v) is 3.04. The van der Waals surface area contributed by atoms with E-state index in [-0.39, 0.29) is 11.9 Å². The van der Waals surface area contributed by atoms with Gasteiger partial charge in [-0.25, -0.2) is 4.98 Å². The van der Waals surface area contributed by atoms with Crippen LogP contribution in [0.5, 0.6) is 0 Å². The molecule has 0 bridgehead atoms. The van der Waals surface area contributed by atoms with Crippen LogP contribution in [0.1, 0.15) is 34.7 Å². The van der Waals surface area contributed by atoms with Gasteiger partial charge in [-0.15, -0.1) is 0 Å². The van der Waals surface area contributed by atoms with Crippen LogP contribution in [0.15, 0.2) is 30.6 Å². The molecule has 3 N–H and O–H groups in total. The Morgan fingerprint density at radius 3 is 2.79 bits per heavy atom. The average molecular weight is 258 g/mol. The smallest absolute Gasteiger partial charge is 0.252 e. The summed E-state index contributed by atoms with van der Waals surface area (Å²) in [5.41, 5.74) is 2.61. The van der Waals surface area contributed by atoms with E-state index >= 15 is 0 Å². The predicted molar refractivity (Wildman–Crippen MR) is 75.2 cm³/mol. The number of anilines is 1. The van der Waals surface area contributed by atoms with Crippen LogP contribution in [0.2, 0.25) is 0 Å². The summed E-state index contributed by atoms with van der Waals surface area (Å²) < 4.78 is 0. The van der Waals surface area contributed by atoms with Gasteiger partial charge in [-0.2, -0.15) is 0 Å². The number of rotatable bonds is 4. The van der Waals surface area contributed by atoms with Crippen molar-refractivity contribution in [2.45, 2.75) is 19.9 Å². The van der Waals surface area contributed by atoms with Gasteiger partial charge in [-0.05, 0) is 37.6 Å². The quantitative estimate of drug-likeness (QED) is 0.787. The highest BCUT2D eigenvalue weighted by Crippen LogP contribution is 2.16. The first-order valence-corrected chi connectivity index (χ1v) is 6.20. The molecule has 1 amide bonds. The molecule has 0 aliphatic rings. The molecule has 19 heavy (non-hydrogen) atoms. The number of nitrogens with one attached hydrogen (secondary N) is 3. The Morgan fingerprint density at radius 2 is 2.21 bits per heavy atom. The van der Waals surface area contributed by atoms with Gasteiger partial charge in [0.15, 0.2) is 0 Å². The molecule has 1 aromatic carbocycles. The molecule has 0 fully saturated rings. The zero-order valence-corrected chi connectivity index (χ0v) is 11.3. The summed E-state index contributed by atoms with van der Waals surface area (Å²) in [7, 11) is 1.85. The van der Waals surface area contributed by atoms with Crippen LogP contribution in [-0.2, 0) is 0 Å². The van der Waals surface area contributed by atoms with Crippen molar-refractivity contribution in [3.05, 3.63) is 47.5 Å². The Hall–Kier alpha value is -2.30. The zero-order chi connectivity index (χ0) is 13.8. The molecule has 100 valence electrons. The van der Waals surface area contributed by atoms with E-state index in [1.54, 1.807) is 12.4 Å². The fourth-order valence-corrected chi connectivity index (χ4v) is 1.93. The Morgan fingerprint density at radius 1 is 1.42 bits per heavy atom. The highest BCUT2D eigenvalue weighted by Gasteiger charge is 2.14. The Bertz CT molecular complexity index is 563. The van der Waals surface area contributed by atoms with Crippen LogP contribution in [0.25, 0.3) is 0 Å². The van der Waals surface area contributed by atoms with Crippen molar-refractivity contribution in [3.63, 3.8) is 0 Å². The Labute approximate surface area is 112 Å². The predicted octanol–water partition coefficient (Wildman–Crippen LogP) is 2.25. The fourth-order valence-electron chi connectivity index (χ4n) is 1.93. The van der Waals surface area contributed by atoms with Crippen molar-refractivity contribution in [3.8, 4) is 0 Å². The van der Waals surface area contributed by atoms with Crippen LogP contribution < -0.4 is 10.6 Å². The van der Waals surface area contributed by atoms with Gasteiger partial charge in [-0.1, -0.05) is 0 Å². The second-order valence-corrected chi connectivity index (χ2v) is 4.45. The fraction of sp³-hybridized carbons (Fsp3) is 0.286. The minimum absolute atomic E-state index is 0.0935. The first-order valence-electron chi connectivity index (χ1n) is 6.20. The van der Waals surface area contributed by atoms with Crippen molar-refractivity contribution < 1.29 is 4.79 Å². The summed E-state index contributed by atoms with van der Waals surface area (Å²) >= 11 is 0. The van der Waals surface area contributed by atoms with E-state index in [4.69, 9.17) is 0 Å². The average Bonchev–Trinajstić information content (AvgIpc) is 2.92. The van der Waals surface area contributed by atoms with Crippen molar-refractivity contribution in [2.75, 3.05) is 12.4 Å². The van der Waals surface area contributed by atoms with Gasteiger partial charge >= 0.3 is 0 Å². The van der Waals surface area contributed by atoms with Crippen molar-refractivity contribution in [1.82, 2.24) is 15.3 Å². The lowest BCUT2D eigenvalue weighted by Crippen LogP contribution is -2.27. The Balaban J connectivity index is 2.12. The first-order chi connectivity index (χ1) is 9.11. The van der Waals surface area contributed by atoms with Crippen LogP contribution in [-0.4, -0.2) is 22.9 Å². The van der Waals surface area contributed by atoms with Gasteiger partial charge in [-0.3, -0.25) is 4.79 Å². The number of carbonyl (C=O) groups is 1. The van der Waals surface area contributed by atoms with Gasteiger partial charge in [0, 0.05) is 30.7 Å². The minimum atomic E-state index is -0.147. The van der Waals surface area contributed by atoms with Crippen molar-refractivity contribution in [2.24, 2.45) is 0 Å². The molecule has 1 heterocycles. The number of imidazole rings is 1. The van der Waals surface area contributed by atoms with Gasteiger partial charge in [0.25, 0.3) is 5.91 Å². The lowest BCUT2D eigenvalue weighted by molar-refractivity contribution is 0.0938. The van der Waals surface area contributed by atoms with E-state index in [0.717, 1.165) is 17.1 Å². The van der Waals surface area contributed by atoms with Crippen molar-refractivity contribution in [1.29, 1.82) is 0 Å². The number of H-pyrrole nitrogens is 1. The second-order valence-electron chi connectivity index (χ2n) is 4.45. The van der Waals surface area contributed by atoms with Gasteiger partial charge < -0.3 is 15.6 Å². The molecule has 0 radical (unpaired) electrons. The maximum Gasteiger partial charge on any atom is 0.252 e. The monoisotopic (exact) mass is 258 g/mol. The summed E-state index contributed by atoms with van der Waals surface area (Å²) in [4.78, 5) is 19.3. The molecule has 2 aromatic rings. The summed E-state index contributed by atoms with van der Waals surface area (Å²) in [6.45, 7) is 3.82. The first kappa shape index (κ1) is 13.1. The van der Waals surface area contributed by atoms with E-state index in [1.807, 2.05) is 39.1 Å². The van der Waals surface area contributed by atoms with Crippen molar-refractivity contribution >= 4 is 11.6 Å². The third kappa shape index (κ3) is 2.93. The number of nitrogens with zero attached hydrogens (tertiary/aromatic N) is 1. The summed E-state index contributed by atoms with van der Waals surface area (Å²) in [6.07, 6.45) is 3.41. The lowest BCUT2D eigenvalue weighted by Gasteiger charge is -2.13. The normalized spacial score (nSPS) is 11.9. The zero-order valence-electron chi connectivity index (χ0n) is 11.3. The molecule has 5 nitrogen and oxygen atoms in total. The van der Waals surface area contributed by atoms with E-state index in [0.29, 0.717) is 5.56 Å². The van der Waals surface area contributed by atoms with E-state index < -0.39 is 0 Å². The van der Waals surface area contributed by atoms with Gasteiger partial charge in [0.1, 0.15) is 5.82 Å². The number of aryl methyl sites for hydroxylation is 1. The van der Waals surface area contributed by atoms with Crippen LogP contribution >= 0.6 is 0 Å². The molecule has 0 saturated carbocycles. The van der Waals surface area contributed by atoms with E-state index in [9.17, 15) is 4.79 Å². The lowest BCUT2D eigenvalue weighted by atomic mass is 10.1. The number of aromatic amines is 1. The number of carbonyl (C=O) groups excluding carboxylic acids is 1. The number of hydrogen-bond acceptors (Lipinski definition) is 3. The molecule has 0 saturated heterocycles. The van der Waals surface area contributed by atoms with Gasteiger partial charge in [0.2, 0.25) is 0 Å². The molecule has 2 rings (SSSR count). The van der Waals surface area contributed by atoms with Crippen LogP contribution in [0.3, 0.4) is 0 Å². The molecule has 5 heteroatoms. The third-order valence-electron chi connectivity index (χ3n) is 3.04. The summed E-state index contributed by atoms with van der Waals surface area (Å²) in [5.74, 6) is 0.655. The molecule has 1 unspecified atom stereocenters. The summed E-state index contributed by atoms with van der Waals surface area (Å²) in [6, 6.07) is 5.52. The number of amides is 1. The molecular weight excluding hydrogens is 240 g/mol. The highest BCUT2D eigenvalue weighted by atomic mass is 16.1. The molecule has 0 aliphatic carbocycles. The van der Waals surface area contributed by atoms with Crippen LogP contribution in [0.4, 0.5) is 5.69 Å². The van der Waals surface area contributed by atoms with E-state index in [2.05, 4.69) is 20.6 Å². The largest absolute Gasteiger partial charge is 0.388 e. The second kappa shape index (κ2) is 5.56. The number of benzene rings is 1. The Kier molecular flexibility index (Phi) is 3.85. The topological polar surface area (TPSA) is 69.8 Å². The highest BCUT2D eigenvalue weighted by molar-refractivity contribution is 5.96. The number of hydrogen-bond donors (Lipinski definition) is 3. The number of aromatic nitrogens is 2. The van der Waals surface area contributed by atoms with Gasteiger partial charge in [0.05, 0.1) is 6.04 Å². The molecule has 0 aliphatic heterocycles. The minimum Gasteiger partial charge on any atom is -0.388 e. The maximum absolute atomic E-state index is 12.2. The summed E-state index contributed by atoms with van der Waals surface area (Å²) in [5, 5.41) is 5.97.